The molecular weight excluding hydrogens is 777 g/mol. The van der Waals surface area contributed by atoms with Crippen molar-refractivity contribution in [3.8, 4) is 56.1 Å². The van der Waals surface area contributed by atoms with Gasteiger partial charge in [0.15, 0.2) is 0 Å². The summed E-state index contributed by atoms with van der Waals surface area (Å²) in [6.07, 6.45) is 6.88. The highest BCUT2D eigenvalue weighted by atomic mass is 15.0. The van der Waals surface area contributed by atoms with Gasteiger partial charge in [0.2, 0.25) is 0 Å². The lowest BCUT2D eigenvalue weighted by atomic mass is 9.93. The summed E-state index contributed by atoms with van der Waals surface area (Å²) in [7, 11) is 0. The molecule has 0 radical (unpaired) electrons. The van der Waals surface area contributed by atoms with Crippen LogP contribution in [0.4, 0.5) is 0 Å². The van der Waals surface area contributed by atoms with Crippen LogP contribution in [0.2, 0.25) is 0 Å². The molecule has 0 unspecified atom stereocenters. The molecule has 0 saturated carbocycles. The monoisotopic (exact) mass is 816 g/mol. The molecule has 64 heavy (non-hydrogen) atoms. The van der Waals surface area contributed by atoms with Crippen LogP contribution >= 0.6 is 0 Å². The molecule has 4 nitrogen and oxygen atoms in total. The molecule has 1 aliphatic rings. The van der Waals surface area contributed by atoms with E-state index in [1.165, 1.54) is 43.3 Å². The van der Waals surface area contributed by atoms with Gasteiger partial charge >= 0.3 is 0 Å². The summed E-state index contributed by atoms with van der Waals surface area (Å²) in [6, 6.07) is 74.3. The summed E-state index contributed by atoms with van der Waals surface area (Å²) in [5.41, 5.74) is 16.0. The molecule has 0 amide bonds. The van der Waals surface area contributed by atoms with Gasteiger partial charge in [0.1, 0.15) is 0 Å². The first-order valence-electron chi connectivity index (χ1n) is 22.1. The van der Waals surface area contributed by atoms with Crippen molar-refractivity contribution in [2.45, 2.75) is 12.8 Å². The molecule has 0 bridgehead atoms. The van der Waals surface area contributed by atoms with Gasteiger partial charge in [0.25, 0.3) is 0 Å². The molecule has 0 aliphatic heterocycles. The number of benzene rings is 8. The molecule has 0 fully saturated rings. The molecule has 8 aromatic carbocycles. The van der Waals surface area contributed by atoms with Crippen LogP contribution in [-0.2, 0) is 0 Å². The number of hydrogen-bond donors (Lipinski definition) is 0. The Labute approximate surface area is 370 Å². The zero-order valence-electron chi connectivity index (χ0n) is 35.0. The minimum absolute atomic E-state index is 0.877. The van der Waals surface area contributed by atoms with Crippen molar-refractivity contribution < 1.29 is 0 Å². The molecular formula is C60H40N4. The Balaban J connectivity index is 1.06. The first-order chi connectivity index (χ1) is 31.7. The van der Waals surface area contributed by atoms with E-state index in [2.05, 4.69) is 228 Å². The van der Waals surface area contributed by atoms with Crippen LogP contribution in [-0.4, -0.2) is 19.1 Å². The highest BCUT2D eigenvalue weighted by Gasteiger charge is 2.19. The third-order valence-corrected chi connectivity index (χ3v) is 13.1. The number of fused-ring (bicyclic) bond motifs is 9. The second-order valence-electron chi connectivity index (χ2n) is 16.8. The molecule has 0 spiro atoms. The molecule has 4 heteroatoms. The lowest BCUT2D eigenvalue weighted by molar-refractivity contribution is 1.02. The molecule has 0 N–H and O–H groups in total. The molecule has 0 saturated heterocycles. The highest BCUT2D eigenvalue weighted by Crippen LogP contribution is 2.40. The molecule has 0 atom stereocenters. The molecule has 13 rings (SSSR count). The topological polar surface area (TPSA) is 35.6 Å². The van der Waals surface area contributed by atoms with E-state index >= 15 is 0 Å². The summed E-state index contributed by atoms with van der Waals surface area (Å²) in [5, 5.41) is 8.49. The highest BCUT2D eigenvalue weighted by molar-refractivity contribution is 6.14. The first-order valence-corrected chi connectivity index (χ1v) is 22.1. The van der Waals surface area contributed by atoms with Gasteiger partial charge in [-0.25, -0.2) is 9.97 Å². The smallest absolute Gasteiger partial charge is 0.0978 e. The fraction of sp³-hybridized carbons (Fsp3) is 0.0333. The van der Waals surface area contributed by atoms with E-state index in [9.17, 15) is 0 Å². The Hall–Kier alpha value is -8.34. The van der Waals surface area contributed by atoms with Crippen molar-refractivity contribution in [2.75, 3.05) is 0 Å². The summed E-state index contributed by atoms with van der Waals surface area (Å²) in [6.45, 7) is 0. The third kappa shape index (κ3) is 5.76. The normalized spacial score (nSPS) is 12.5. The van der Waals surface area contributed by atoms with Crippen molar-refractivity contribution in [3.05, 3.63) is 217 Å². The van der Waals surface area contributed by atoms with E-state index < -0.39 is 0 Å². The lowest BCUT2D eigenvalue weighted by Crippen LogP contribution is -2.30. The molecule has 4 heterocycles. The first kappa shape index (κ1) is 36.3. The standard InChI is InChI=1S/C60H40N4/c1-3-17-39(18-4-1)51-37-53(41-21-15-23-43(35-41)63-55-29-11-7-25-45(55)46-26-8-12-30-56(46)63)61-59-49(51)33-34-50-52(40-19-5-2-6-20-40)38-54(62-60(50)59)42-22-16-24-44(36-42)64-57-31-13-9-27-47(57)48-28-10-14-32-58(48)64/h1-9,11-13,15-38H,10,14H2. The second-order valence-corrected chi connectivity index (χ2v) is 16.8. The predicted molar refractivity (Wildman–Crippen MR) is 267 cm³/mol. The van der Waals surface area contributed by atoms with Gasteiger partial charge in [-0.3, -0.25) is 0 Å². The van der Waals surface area contributed by atoms with Gasteiger partial charge in [-0.05, 0) is 89.7 Å². The maximum atomic E-state index is 5.64. The van der Waals surface area contributed by atoms with Crippen LogP contribution in [0.1, 0.15) is 12.8 Å². The fourth-order valence-corrected chi connectivity index (χ4v) is 10.2. The second kappa shape index (κ2) is 14.6. The predicted octanol–water partition coefficient (Wildman–Crippen LogP) is 13.8. The van der Waals surface area contributed by atoms with Gasteiger partial charge in [0.05, 0.1) is 39.0 Å². The average Bonchev–Trinajstić information content (AvgIpc) is 3.89. The van der Waals surface area contributed by atoms with Crippen LogP contribution in [0, 0.1) is 0 Å². The number of rotatable bonds is 6. The number of para-hydroxylation sites is 3. The minimum atomic E-state index is 0.877. The number of pyridine rings is 2. The largest absolute Gasteiger partial charge is 0.310 e. The van der Waals surface area contributed by atoms with Crippen molar-refractivity contribution in [3.63, 3.8) is 0 Å². The van der Waals surface area contributed by atoms with Crippen LogP contribution in [0.5, 0.6) is 0 Å². The van der Waals surface area contributed by atoms with E-state index in [4.69, 9.17) is 9.97 Å². The summed E-state index contributed by atoms with van der Waals surface area (Å²) >= 11 is 0. The van der Waals surface area contributed by atoms with Crippen LogP contribution < -0.4 is 10.6 Å². The molecule has 1 aliphatic carbocycles. The van der Waals surface area contributed by atoms with E-state index in [1.807, 2.05) is 0 Å². The molecule has 12 aromatic rings. The summed E-state index contributed by atoms with van der Waals surface area (Å²) < 4.78 is 4.80. The Bertz CT molecular complexity index is 3900. The summed E-state index contributed by atoms with van der Waals surface area (Å²) in [5.74, 6) is 0. The lowest BCUT2D eigenvalue weighted by Gasteiger charge is -2.16. The van der Waals surface area contributed by atoms with Crippen LogP contribution in [0.15, 0.2) is 206 Å². The zero-order valence-corrected chi connectivity index (χ0v) is 35.0. The van der Waals surface area contributed by atoms with E-state index in [1.54, 1.807) is 0 Å². The number of nitrogens with zero attached hydrogens (tertiary/aromatic N) is 4. The Morgan fingerprint density at radius 2 is 0.766 bits per heavy atom. The maximum Gasteiger partial charge on any atom is 0.0978 e. The maximum absolute atomic E-state index is 5.64. The number of aromatic nitrogens is 4. The van der Waals surface area contributed by atoms with Crippen LogP contribution in [0.3, 0.4) is 0 Å². The Morgan fingerprint density at radius 3 is 1.31 bits per heavy atom. The Morgan fingerprint density at radius 1 is 0.328 bits per heavy atom. The van der Waals surface area contributed by atoms with E-state index in [-0.39, 0.29) is 0 Å². The van der Waals surface area contributed by atoms with Gasteiger partial charge in [-0.15, -0.1) is 0 Å². The van der Waals surface area contributed by atoms with Crippen molar-refractivity contribution in [2.24, 2.45) is 0 Å². The SMILES string of the molecule is C1=c2c(n(-c3cccc(-c4cc(-c5ccccc5)c5ccc6c(-c7ccccc7)cc(-c7cccc(-n8c9ccccc9c9ccccc98)c7)nc6c5n4)c3)c3ccccc23)=CCC1. The van der Waals surface area contributed by atoms with Crippen molar-refractivity contribution in [1.82, 2.24) is 19.1 Å². The van der Waals surface area contributed by atoms with Crippen molar-refractivity contribution >= 4 is 66.7 Å². The van der Waals surface area contributed by atoms with Crippen molar-refractivity contribution in [1.29, 1.82) is 0 Å². The summed E-state index contributed by atoms with van der Waals surface area (Å²) in [4.78, 5) is 11.3. The minimum Gasteiger partial charge on any atom is -0.310 e. The number of hydrogen-bond acceptors (Lipinski definition) is 2. The Kier molecular flexibility index (Phi) is 8.31. The van der Waals surface area contributed by atoms with Crippen LogP contribution in [0.25, 0.3) is 123 Å². The van der Waals surface area contributed by atoms with E-state index in [0.29, 0.717) is 0 Å². The quantitative estimate of drug-likeness (QED) is 0.157. The average molecular weight is 817 g/mol. The van der Waals surface area contributed by atoms with Gasteiger partial charge in [-0.1, -0.05) is 164 Å². The third-order valence-electron chi connectivity index (χ3n) is 13.1. The van der Waals surface area contributed by atoms with E-state index in [0.717, 1.165) is 90.8 Å². The fourth-order valence-electron chi connectivity index (χ4n) is 10.2. The van der Waals surface area contributed by atoms with Gasteiger partial charge < -0.3 is 9.13 Å². The molecule has 300 valence electrons. The van der Waals surface area contributed by atoms with Gasteiger partial charge in [-0.2, -0.15) is 0 Å². The zero-order chi connectivity index (χ0) is 42.1. The van der Waals surface area contributed by atoms with Gasteiger partial charge in [0, 0.05) is 60.0 Å². The molecule has 4 aromatic heterocycles.